The summed E-state index contributed by atoms with van der Waals surface area (Å²) in [5.41, 5.74) is 14.7. The average molecular weight is 1170 g/mol. The van der Waals surface area contributed by atoms with Crippen molar-refractivity contribution in [2.24, 2.45) is 30.7 Å². The summed E-state index contributed by atoms with van der Waals surface area (Å²) in [7, 11) is -23.8. The molecule has 0 aliphatic rings. The number of hydrogen-bond donors (Lipinski definition) is 10. The molecule has 0 unspecified atom stereocenters. The van der Waals surface area contributed by atoms with E-state index in [1.807, 2.05) is 0 Å². The molecule has 38 heteroatoms. The van der Waals surface area contributed by atoms with Gasteiger partial charge in [0.2, 0.25) is 0 Å². The number of hydrogen-bond acceptors (Lipinski definition) is 29. The Bertz CT molecular complexity index is 3820. The van der Waals surface area contributed by atoms with Gasteiger partial charge in [-0.1, -0.05) is 10.1 Å². The molecule has 0 atom stereocenters. The number of benzene rings is 6. The zero-order chi connectivity index (χ0) is 54.4. The van der Waals surface area contributed by atoms with Gasteiger partial charge in [0.25, 0.3) is 40.4 Å². The highest BCUT2D eigenvalue weighted by Crippen LogP contribution is 2.50. The summed E-state index contributed by atoms with van der Waals surface area (Å²) in [5, 5.41) is 57.8. The lowest BCUT2D eigenvalue weighted by Crippen LogP contribution is -2.12. The number of nitrogen functional groups attached to an aromatic ring is 3. The molecule has 13 N–H and O–H groups in total. The summed E-state index contributed by atoms with van der Waals surface area (Å²) >= 11 is 0.238. The molecule has 0 aromatic heterocycles. The molecule has 0 fully saturated rings. The van der Waals surface area contributed by atoms with Crippen LogP contribution in [0.3, 0.4) is 0 Å². The standard InChI is InChI=1S/C36H32N10O21S7/c37-24-16-25(38)29(72(54,55)56)17-27(24)43-40-19-1-3-21(4-2-19)46-71(52,53)22-7-5-20(6-8-22)41-45-35-31(74(60,61)62)14-18-13-28(68-66-64-48)34(33(39)32(18)36(35)47)44-42-26-10-9-23(15-30(26)73(57,58)59)70(50,51)12-11-63-69-67-65-49/h1-10,13-17,46-49H,11-12,37-39H2,(H,54,55,56)(H,57,58,59)(H,60,61,62). The average Bonchev–Trinajstić information content (AvgIpc) is 3.31. The molecule has 0 amide bonds. The number of rotatable bonds is 22. The number of fused-ring (bicyclic) bond motifs is 1. The number of aromatic hydroxyl groups is 1. The number of azo groups is 3. The number of anilines is 4. The van der Waals surface area contributed by atoms with Gasteiger partial charge in [-0.3, -0.25) is 22.6 Å². The van der Waals surface area contributed by atoms with Gasteiger partial charge in [0.05, 0.1) is 72.9 Å². The van der Waals surface area contributed by atoms with E-state index in [0.29, 0.717) is 6.07 Å². The van der Waals surface area contributed by atoms with Gasteiger partial charge < -0.3 is 22.3 Å². The number of phenols is 1. The Hall–Kier alpha value is -6.57. The second kappa shape index (κ2) is 22.9. The minimum absolute atomic E-state index is 0.0500. The molecule has 0 heterocycles. The van der Waals surface area contributed by atoms with E-state index in [4.69, 9.17) is 31.9 Å². The number of nitrogens with zero attached hydrogens (tertiary/aromatic N) is 6. The van der Waals surface area contributed by atoms with Crippen LogP contribution >= 0.6 is 24.4 Å². The Morgan fingerprint density at radius 3 is 1.74 bits per heavy atom. The second-order valence-corrected chi connectivity index (χ2v) is 23.3. The summed E-state index contributed by atoms with van der Waals surface area (Å²) in [6.07, 6.45) is 0. The zero-order valence-corrected chi connectivity index (χ0v) is 41.9. The monoisotopic (exact) mass is 1160 g/mol. The van der Waals surface area contributed by atoms with Gasteiger partial charge >= 0.3 is 0 Å². The van der Waals surface area contributed by atoms with Crippen LogP contribution in [0.2, 0.25) is 0 Å². The molecule has 6 aromatic rings. The minimum atomic E-state index is -5.26. The molecular weight excluding hydrogens is 1130 g/mol. The molecule has 394 valence electrons. The predicted octanol–water partition coefficient (Wildman–Crippen LogP) is 7.28. The molecule has 6 rings (SSSR count). The van der Waals surface area contributed by atoms with Crippen molar-refractivity contribution in [2.75, 3.05) is 34.3 Å². The van der Waals surface area contributed by atoms with Crippen LogP contribution in [0.1, 0.15) is 0 Å². The first-order valence-electron chi connectivity index (χ1n) is 19.1. The normalized spacial score (nSPS) is 12.9. The SMILES string of the molecule is Nc1cc(N)c(S(=O)(=O)O)cc1N=Nc1ccc(NS(=O)(=O)c2ccc(N=Nc3c(S(=O)(=O)O)cc4cc(SOOO)c(N=Nc5ccc(S(=O)(=O)CCOSOOO)cc5S(=O)(=O)O)c(N)c4c3O)cc2)cc1. The van der Waals surface area contributed by atoms with Crippen molar-refractivity contribution in [3.8, 4) is 5.75 Å². The summed E-state index contributed by atoms with van der Waals surface area (Å²) in [5.74, 6) is -1.83. The third-order valence-electron chi connectivity index (χ3n) is 9.36. The van der Waals surface area contributed by atoms with E-state index < -0.39 is 116 Å². The van der Waals surface area contributed by atoms with Gasteiger partial charge in [-0.15, -0.1) is 29.1 Å². The molecule has 0 aliphatic carbocycles. The molecule has 0 saturated carbocycles. The van der Waals surface area contributed by atoms with Crippen molar-refractivity contribution >= 4 is 142 Å². The number of nitrogens with one attached hydrogen (secondary N) is 1. The molecule has 0 spiro atoms. The zero-order valence-electron chi connectivity index (χ0n) is 36.2. The highest BCUT2D eigenvalue weighted by molar-refractivity contribution is 7.94. The molecule has 31 nitrogen and oxygen atoms in total. The van der Waals surface area contributed by atoms with E-state index in [1.54, 1.807) is 0 Å². The van der Waals surface area contributed by atoms with E-state index in [9.17, 15) is 60.9 Å². The predicted molar refractivity (Wildman–Crippen MR) is 258 cm³/mol. The Labute approximate surface area is 425 Å². The maximum Gasteiger partial charge on any atom is 0.296 e. The summed E-state index contributed by atoms with van der Waals surface area (Å²) in [6.45, 7) is -0.557. The lowest BCUT2D eigenvalue weighted by molar-refractivity contribution is -0.434. The lowest BCUT2D eigenvalue weighted by atomic mass is 10.1. The van der Waals surface area contributed by atoms with Crippen LogP contribution in [0.15, 0.2) is 151 Å². The molecule has 0 radical (unpaired) electrons. The van der Waals surface area contributed by atoms with Crippen molar-refractivity contribution in [1.82, 2.24) is 0 Å². The fourth-order valence-corrected chi connectivity index (χ4v) is 11.1. The van der Waals surface area contributed by atoms with Crippen LogP contribution < -0.4 is 21.9 Å². The highest BCUT2D eigenvalue weighted by Gasteiger charge is 2.27. The van der Waals surface area contributed by atoms with Gasteiger partial charge in [0, 0.05) is 5.69 Å². The smallest absolute Gasteiger partial charge is 0.296 e. The van der Waals surface area contributed by atoms with Crippen molar-refractivity contribution in [2.45, 2.75) is 29.4 Å². The number of sulfone groups is 1. The van der Waals surface area contributed by atoms with E-state index in [1.165, 1.54) is 24.3 Å². The third-order valence-corrected chi connectivity index (χ3v) is 16.1. The quantitative estimate of drug-likeness (QED) is 0.00606. The first-order chi connectivity index (χ1) is 34.6. The molecular formula is C36H32N10O21S7. The van der Waals surface area contributed by atoms with Gasteiger partial charge in [-0.25, -0.2) is 27.4 Å². The van der Waals surface area contributed by atoms with Crippen LogP contribution in [-0.2, 0) is 73.1 Å². The van der Waals surface area contributed by atoms with Crippen molar-refractivity contribution in [3.05, 3.63) is 91.0 Å². The number of nitrogens with two attached hydrogens (primary N) is 3. The topological polar surface area (TPSA) is 502 Å². The molecule has 0 aliphatic heterocycles. The lowest BCUT2D eigenvalue weighted by Gasteiger charge is -2.14. The number of sulfonamides is 1. The van der Waals surface area contributed by atoms with E-state index in [-0.39, 0.29) is 73.7 Å². The van der Waals surface area contributed by atoms with Crippen LogP contribution in [0.4, 0.5) is 56.9 Å². The Morgan fingerprint density at radius 1 is 0.568 bits per heavy atom. The van der Waals surface area contributed by atoms with Crippen LogP contribution in [0.5, 0.6) is 5.75 Å². The summed E-state index contributed by atoms with van der Waals surface area (Å²) in [6, 6.07) is 15.8. The number of phenolic OH excluding ortho intramolecular Hbond substituents is 1. The Morgan fingerprint density at radius 2 is 1.14 bits per heavy atom. The van der Waals surface area contributed by atoms with Gasteiger partial charge in [-0.2, -0.15) is 35.5 Å². The van der Waals surface area contributed by atoms with Crippen molar-refractivity contribution in [1.29, 1.82) is 0 Å². The Balaban J connectivity index is 1.29. The molecule has 74 heavy (non-hydrogen) atoms. The Kier molecular flexibility index (Phi) is 17.6. The van der Waals surface area contributed by atoms with Crippen LogP contribution in [-0.4, -0.2) is 83.7 Å². The van der Waals surface area contributed by atoms with Crippen molar-refractivity contribution in [3.63, 3.8) is 0 Å². The minimum Gasteiger partial charge on any atom is -0.505 e. The van der Waals surface area contributed by atoms with Gasteiger partial charge in [0.15, 0.2) is 27.9 Å². The fraction of sp³-hybridized carbons (Fsp3) is 0.0556. The van der Waals surface area contributed by atoms with Gasteiger partial charge in [0.1, 0.15) is 37.4 Å². The maximum absolute atomic E-state index is 13.3. The largest absolute Gasteiger partial charge is 0.505 e. The van der Waals surface area contributed by atoms with E-state index in [2.05, 4.69) is 54.2 Å². The van der Waals surface area contributed by atoms with Gasteiger partial charge in [-0.05, 0) is 96.4 Å². The third kappa shape index (κ3) is 13.8. The first-order valence-corrected chi connectivity index (χ1v) is 28.0. The van der Waals surface area contributed by atoms with E-state index in [0.717, 1.165) is 60.7 Å². The van der Waals surface area contributed by atoms with Crippen molar-refractivity contribution < 1.29 is 94.3 Å². The summed E-state index contributed by atoms with van der Waals surface area (Å²) in [4.78, 5) is -4.02. The van der Waals surface area contributed by atoms with E-state index >= 15 is 0 Å². The summed E-state index contributed by atoms with van der Waals surface area (Å²) < 4.78 is 171. The fourth-order valence-electron chi connectivity index (χ4n) is 6.07. The molecule has 0 bridgehead atoms. The molecule has 0 saturated heterocycles. The second-order valence-electron chi connectivity index (χ2n) is 14.1. The maximum atomic E-state index is 13.3. The van der Waals surface area contributed by atoms with Crippen LogP contribution in [0.25, 0.3) is 10.8 Å². The first kappa shape index (κ1) is 56.7. The van der Waals surface area contributed by atoms with Crippen LogP contribution in [0, 0.1) is 0 Å². The highest BCUT2D eigenvalue weighted by atomic mass is 32.2. The molecule has 6 aromatic carbocycles.